The number of nitrogens with one attached hydrogen (secondary N) is 1. The lowest BCUT2D eigenvalue weighted by molar-refractivity contribution is 0.0949. The average Bonchev–Trinajstić information content (AvgIpc) is 3.50. The Morgan fingerprint density at radius 3 is 2.34 bits per heavy atom. The molecule has 7 heteroatoms. The van der Waals surface area contributed by atoms with Crippen LogP contribution >= 0.6 is 34.8 Å². The van der Waals surface area contributed by atoms with Gasteiger partial charge < -0.3 is 5.32 Å². The molecule has 41 heavy (non-hydrogen) atoms. The molecule has 220 valence electrons. The van der Waals surface area contributed by atoms with Crippen molar-refractivity contribution >= 4 is 40.7 Å². The SMILES string of the molecule is CC12CCC(C1)C(C)(C)C2.CCNC(=O)c1nn(-c2ccc(Cl)cc2Cl)c2c1CCCCC2Cc1ccc(Cl)cc1. The van der Waals surface area contributed by atoms with Crippen LogP contribution in [0.15, 0.2) is 42.5 Å². The molecule has 3 atom stereocenters. The van der Waals surface area contributed by atoms with Gasteiger partial charge in [-0.2, -0.15) is 5.10 Å². The number of carbonyl (C=O) groups is 1. The summed E-state index contributed by atoms with van der Waals surface area (Å²) in [4.78, 5) is 12.9. The summed E-state index contributed by atoms with van der Waals surface area (Å²) in [5.41, 5.74) is 5.94. The number of hydrogen-bond donors (Lipinski definition) is 1. The van der Waals surface area contributed by atoms with E-state index in [2.05, 4.69) is 38.2 Å². The number of rotatable bonds is 5. The van der Waals surface area contributed by atoms with Gasteiger partial charge in [0.15, 0.2) is 5.69 Å². The van der Waals surface area contributed by atoms with Crippen molar-refractivity contribution in [1.82, 2.24) is 15.1 Å². The van der Waals surface area contributed by atoms with E-state index in [4.69, 9.17) is 39.9 Å². The van der Waals surface area contributed by atoms with Crippen LogP contribution in [0.2, 0.25) is 15.1 Å². The Morgan fingerprint density at radius 2 is 1.76 bits per heavy atom. The van der Waals surface area contributed by atoms with E-state index in [0.29, 0.717) is 27.7 Å². The number of hydrogen-bond acceptors (Lipinski definition) is 2. The van der Waals surface area contributed by atoms with E-state index in [1.165, 1.54) is 31.2 Å². The third kappa shape index (κ3) is 6.65. The predicted molar refractivity (Wildman–Crippen MR) is 171 cm³/mol. The molecule has 1 heterocycles. The monoisotopic (exact) mass is 613 g/mol. The van der Waals surface area contributed by atoms with Crippen LogP contribution in [0.25, 0.3) is 5.69 Å². The Kier molecular flexibility index (Phi) is 9.14. The van der Waals surface area contributed by atoms with Crippen LogP contribution in [-0.4, -0.2) is 22.2 Å². The Hall–Kier alpha value is -2.01. The van der Waals surface area contributed by atoms with E-state index in [1.54, 1.807) is 12.1 Å². The van der Waals surface area contributed by atoms with Gasteiger partial charge >= 0.3 is 0 Å². The molecule has 1 amide bonds. The molecular weight excluding hydrogens is 573 g/mol. The molecule has 2 bridgehead atoms. The molecule has 0 radical (unpaired) electrons. The van der Waals surface area contributed by atoms with Crippen LogP contribution in [0.4, 0.5) is 0 Å². The minimum absolute atomic E-state index is 0.144. The largest absolute Gasteiger partial charge is 0.351 e. The highest BCUT2D eigenvalue weighted by molar-refractivity contribution is 6.35. The van der Waals surface area contributed by atoms with E-state index in [1.807, 2.05) is 29.8 Å². The molecule has 3 aliphatic carbocycles. The van der Waals surface area contributed by atoms with Gasteiger partial charge in [0.1, 0.15) is 0 Å². The van der Waals surface area contributed by atoms with Crippen LogP contribution in [0.5, 0.6) is 0 Å². The van der Waals surface area contributed by atoms with E-state index in [9.17, 15) is 4.79 Å². The molecular formula is C34H42Cl3N3O. The van der Waals surface area contributed by atoms with Gasteiger partial charge in [-0.05, 0) is 111 Å². The highest BCUT2D eigenvalue weighted by Crippen LogP contribution is 2.62. The lowest BCUT2D eigenvalue weighted by Gasteiger charge is -2.32. The molecule has 1 N–H and O–H groups in total. The van der Waals surface area contributed by atoms with Crippen LogP contribution in [0.1, 0.15) is 106 Å². The van der Waals surface area contributed by atoms with Gasteiger partial charge in [-0.25, -0.2) is 4.68 Å². The van der Waals surface area contributed by atoms with Crippen molar-refractivity contribution < 1.29 is 4.79 Å². The molecule has 3 aromatic rings. The van der Waals surface area contributed by atoms with Crippen molar-refractivity contribution in [2.45, 2.75) is 91.4 Å². The fourth-order valence-corrected chi connectivity index (χ4v) is 8.33. The van der Waals surface area contributed by atoms with Crippen molar-refractivity contribution in [2.24, 2.45) is 16.7 Å². The molecule has 0 spiro atoms. The molecule has 0 aliphatic heterocycles. The standard InChI is InChI=1S/C24H24Cl3N3O.C10H18/c1-2-28-24(31)22-19-6-4-3-5-16(13-15-7-9-17(25)10-8-15)23(19)30(29-22)21-12-11-18(26)14-20(21)27;1-9(2)7-10(3)5-4-8(9)6-10/h7-12,14,16H,2-6,13H2,1H3,(H,28,31);8H,4-7H2,1-3H3. The van der Waals surface area contributed by atoms with E-state index in [0.717, 1.165) is 65.4 Å². The smallest absolute Gasteiger partial charge is 0.272 e. The fourth-order valence-electron chi connectivity index (χ4n) is 7.72. The van der Waals surface area contributed by atoms with Gasteiger partial charge in [0.05, 0.1) is 16.4 Å². The maximum Gasteiger partial charge on any atom is 0.272 e. The summed E-state index contributed by atoms with van der Waals surface area (Å²) in [6.45, 7) is 9.83. The molecule has 0 saturated heterocycles. The first-order valence-electron chi connectivity index (χ1n) is 15.1. The maximum atomic E-state index is 12.9. The predicted octanol–water partition coefficient (Wildman–Crippen LogP) is 9.86. The first-order chi connectivity index (χ1) is 19.5. The van der Waals surface area contributed by atoms with Crippen molar-refractivity contribution in [3.63, 3.8) is 0 Å². The molecule has 6 rings (SSSR count). The second-order valence-electron chi connectivity index (χ2n) is 13.3. The lowest BCUT2D eigenvalue weighted by Crippen LogP contribution is -2.24. The summed E-state index contributed by atoms with van der Waals surface area (Å²) in [7, 11) is 0. The highest BCUT2D eigenvalue weighted by atomic mass is 35.5. The van der Waals surface area contributed by atoms with Gasteiger partial charge in [-0.15, -0.1) is 0 Å². The first-order valence-corrected chi connectivity index (χ1v) is 16.2. The summed E-state index contributed by atoms with van der Waals surface area (Å²) < 4.78 is 1.87. The van der Waals surface area contributed by atoms with E-state index in [-0.39, 0.29) is 11.8 Å². The zero-order valence-corrected chi connectivity index (χ0v) is 27.0. The Bertz CT molecular complexity index is 1390. The number of benzene rings is 2. The number of aromatic nitrogens is 2. The summed E-state index contributed by atoms with van der Waals surface area (Å²) in [6.07, 6.45) is 10.8. The second kappa shape index (κ2) is 12.3. The Labute approximate surface area is 260 Å². The minimum Gasteiger partial charge on any atom is -0.351 e. The Balaban J connectivity index is 0.000000282. The molecule has 2 fully saturated rings. The highest BCUT2D eigenvalue weighted by Gasteiger charge is 2.51. The molecule has 3 unspecified atom stereocenters. The van der Waals surface area contributed by atoms with Gasteiger partial charge in [-0.1, -0.05) is 74.1 Å². The fraction of sp³-hybridized carbons (Fsp3) is 0.529. The zero-order valence-electron chi connectivity index (χ0n) is 24.7. The topological polar surface area (TPSA) is 46.9 Å². The van der Waals surface area contributed by atoms with Crippen molar-refractivity contribution in [3.05, 3.63) is 80.0 Å². The van der Waals surface area contributed by atoms with Crippen LogP contribution in [0, 0.1) is 16.7 Å². The third-order valence-corrected chi connectivity index (χ3v) is 10.3. The quantitative estimate of drug-likeness (QED) is 0.291. The third-order valence-electron chi connectivity index (χ3n) is 9.55. The van der Waals surface area contributed by atoms with Gasteiger partial charge in [0.2, 0.25) is 0 Å². The molecule has 1 aromatic heterocycles. The van der Waals surface area contributed by atoms with Gasteiger partial charge in [0, 0.05) is 28.1 Å². The number of amides is 1. The molecule has 2 aromatic carbocycles. The molecule has 3 aliphatic rings. The zero-order chi connectivity index (χ0) is 29.4. The summed E-state index contributed by atoms with van der Waals surface area (Å²) in [5, 5.41) is 9.48. The number of nitrogens with zero attached hydrogens (tertiary/aromatic N) is 2. The minimum atomic E-state index is -0.144. The van der Waals surface area contributed by atoms with Crippen LogP contribution < -0.4 is 5.32 Å². The lowest BCUT2D eigenvalue weighted by atomic mass is 9.73. The van der Waals surface area contributed by atoms with E-state index < -0.39 is 0 Å². The van der Waals surface area contributed by atoms with Crippen LogP contribution in [-0.2, 0) is 12.8 Å². The van der Waals surface area contributed by atoms with Crippen molar-refractivity contribution in [3.8, 4) is 5.69 Å². The van der Waals surface area contributed by atoms with E-state index >= 15 is 0 Å². The Morgan fingerprint density at radius 1 is 1.02 bits per heavy atom. The van der Waals surface area contributed by atoms with Gasteiger partial charge in [0.25, 0.3) is 5.91 Å². The molecule has 2 saturated carbocycles. The van der Waals surface area contributed by atoms with Crippen LogP contribution in [0.3, 0.4) is 0 Å². The first kappa shape index (κ1) is 30.4. The molecule has 4 nitrogen and oxygen atoms in total. The average molecular weight is 615 g/mol. The number of halogens is 3. The normalized spacial score (nSPS) is 24.3. The summed E-state index contributed by atoms with van der Waals surface area (Å²) in [6, 6.07) is 13.3. The van der Waals surface area contributed by atoms with Gasteiger partial charge in [-0.3, -0.25) is 4.79 Å². The maximum absolute atomic E-state index is 12.9. The second-order valence-corrected chi connectivity index (χ2v) is 14.5. The summed E-state index contributed by atoms with van der Waals surface area (Å²) >= 11 is 18.8. The van der Waals surface area contributed by atoms with Crippen molar-refractivity contribution in [2.75, 3.05) is 6.54 Å². The van der Waals surface area contributed by atoms with Crippen molar-refractivity contribution in [1.29, 1.82) is 0 Å². The number of carbonyl (C=O) groups excluding carboxylic acids is 1. The summed E-state index contributed by atoms with van der Waals surface area (Å²) in [5.74, 6) is 1.12. The number of fused-ring (bicyclic) bond motifs is 3.